The number of hydrogen-bond donors (Lipinski definition) is 0. The lowest BCUT2D eigenvalue weighted by Crippen LogP contribution is -2.39. The monoisotopic (exact) mass is 367 g/mol. The number of rotatable bonds is 3. The van der Waals surface area contributed by atoms with Crippen LogP contribution in [0.2, 0.25) is 0 Å². The molecule has 1 heterocycles. The molecule has 2 aliphatic rings. The molecule has 2 atom stereocenters. The second-order valence-electron chi connectivity index (χ2n) is 8.14. The van der Waals surface area contributed by atoms with Crippen molar-refractivity contribution in [1.82, 2.24) is 4.31 Å². The molecule has 26 heavy (non-hydrogen) atoms. The van der Waals surface area contributed by atoms with E-state index in [0.29, 0.717) is 11.4 Å². The van der Waals surface area contributed by atoms with E-state index in [1.165, 1.54) is 5.56 Å². The maximum atomic E-state index is 13.5. The zero-order chi connectivity index (χ0) is 18.7. The van der Waals surface area contributed by atoms with E-state index in [1.807, 2.05) is 51.1 Å². The minimum absolute atomic E-state index is 0.0394. The summed E-state index contributed by atoms with van der Waals surface area (Å²) < 4.78 is 28.5. The summed E-state index contributed by atoms with van der Waals surface area (Å²) in [6, 6.07) is 14.2. The molecule has 1 saturated carbocycles. The van der Waals surface area contributed by atoms with Crippen LogP contribution < -0.4 is 0 Å². The first-order chi connectivity index (χ1) is 12.2. The molecule has 4 rings (SSSR count). The van der Waals surface area contributed by atoms with Crippen molar-refractivity contribution < 1.29 is 8.42 Å². The summed E-state index contributed by atoms with van der Waals surface area (Å²) >= 11 is 0. The van der Waals surface area contributed by atoms with E-state index in [1.54, 1.807) is 10.5 Å². The van der Waals surface area contributed by atoms with Gasteiger partial charge in [0.05, 0.1) is 4.90 Å². The predicted molar refractivity (Wildman–Crippen MR) is 105 cm³/mol. The fraction of sp³-hybridized carbons (Fsp3) is 0.364. The van der Waals surface area contributed by atoms with Crippen molar-refractivity contribution in [1.29, 1.82) is 0 Å². The van der Waals surface area contributed by atoms with Gasteiger partial charge in [0.1, 0.15) is 0 Å². The van der Waals surface area contributed by atoms with Crippen LogP contribution in [0.3, 0.4) is 0 Å². The van der Waals surface area contributed by atoms with E-state index in [0.717, 1.165) is 23.1 Å². The van der Waals surface area contributed by atoms with Crippen LogP contribution in [0.5, 0.6) is 0 Å². The standard InChI is InChI=1S/C22H25NO2S/c1-16-12-17(2)20(18(3)13-16)26(24,25)23-11-10-21(4)14-22(21,15-23)19-8-6-5-7-9-19/h5-13H,14-15H2,1-4H3. The molecule has 2 aromatic carbocycles. The van der Waals surface area contributed by atoms with Crippen molar-refractivity contribution in [3.05, 3.63) is 77.0 Å². The Labute approximate surface area is 156 Å². The largest absolute Gasteiger partial charge is 0.273 e. The molecule has 0 saturated heterocycles. The average Bonchev–Trinajstić information content (AvgIpc) is 3.21. The van der Waals surface area contributed by atoms with Crippen LogP contribution in [-0.2, 0) is 15.4 Å². The highest BCUT2D eigenvalue weighted by Gasteiger charge is 2.66. The molecule has 0 spiro atoms. The Morgan fingerprint density at radius 3 is 2.23 bits per heavy atom. The quantitative estimate of drug-likeness (QED) is 0.802. The van der Waals surface area contributed by atoms with Gasteiger partial charge in [-0.25, -0.2) is 8.42 Å². The van der Waals surface area contributed by atoms with Gasteiger partial charge >= 0.3 is 0 Å². The summed E-state index contributed by atoms with van der Waals surface area (Å²) in [4.78, 5) is 0.445. The third-order valence-corrected chi connectivity index (χ3v) is 8.20. The zero-order valence-corrected chi connectivity index (χ0v) is 16.6. The van der Waals surface area contributed by atoms with E-state index in [2.05, 4.69) is 25.1 Å². The molecule has 1 aliphatic heterocycles. The van der Waals surface area contributed by atoms with Crippen molar-refractivity contribution in [3.63, 3.8) is 0 Å². The molecule has 0 aromatic heterocycles. The smallest absolute Gasteiger partial charge is 0.264 e. The van der Waals surface area contributed by atoms with E-state index < -0.39 is 10.0 Å². The molecular formula is C22H25NO2S. The highest BCUT2D eigenvalue weighted by molar-refractivity contribution is 7.89. The van der Waals surface area contributed by atoms with Crippen LogP contribution in [0.1, 0.15) is 35.6 Å². The Kier molecular flexibility index (Phi) is 3.65. The van der Waals surface area contributed by atoms with Gasteiger partial charge in [-0.3, -0.25) is 4.31 Å². The zero-order valence-electron chi connectivity index (χ0n) is 15.8. The van der Waals surface area contributed by atoms with Gasteiger partial charge in [-0.1, -0.05) is 61.0 Å². The maximum absolute atomic E-state index is 13.5. The first-order valence-corrected chi connectivity index (χ1v) is 10.5. The number of benzene rings is 2. The average molecular weight is 368 g/mol. The first-order valence-electron chi connectivity index (χ1n) is 9.04. The normalized spacial score (nSPS) is 27.3. The van der Waals surface area contributed by atoms with E-state index in [4.69, 9.17) is 0 Å². The lowest BCUT2D eigenvalue weighted by atomic mass is 9.85. The van der Waals surface area contributed by atoms with Crippen molar-refractivity contribution in [2.45, 2.75) is 44.4 Å². The second kappa shape index (κ2) is 5.46. The van der Waals surface area contributed by atoms with Crippen LogP contribution in [0.4, 0.5) is 0 Å². The number of fused-ring (bicyclic) bond motifs is 1. The summed E-state index contributed by atoms with van der Waals surface area (Å²) in [7, 11) is -3.57. The van der Waals surface area contributed by atoms with Gasteiger partial charge in [-0.2, -0.15) is 0 Å². The number of allylic oxidation sites excluding steroid dienone is 1. The van der Waals surface area contributed by atoms with Gasteiger partial charge in [-0.05, 0) is 49.3 Å². The van der Waals surface area contributed by atoms with Crippen molar-refractivity contribution in [3.8, 4) is 0 Å². The first kappa shape index (κ1) is 17.3. The number of aryl methyl sites for hydroxylation is 3. The minimum atomic E-state index is -3.57. The molecule has 1 fully saturated rings. The Hall–Kier alpha value is -2.07. The molecule has 0 amide bonds. The van der Waals surface area contributed by atoms with Crippen molar-refractivity contribution in [2.75, 3.05) is 6.54 Å². The van der Waals surface area contributed by atoms with E-state index in [-0.39, 0.29) is 10.8 Å². The van der Waals surface area contributed by atoms with Crippen LogP contribution in [0.25, 0.3) is 0 Å². The van der Waals surface area contributed by atoms with Gasteiger partial charge in [0.2, 0.25) is 0 Å². The molecule has 2 aromatic rings. The SMILES string of the molecule is Cc1cc(C)c(S(=O)(=O)N2C=CC3(C)CC3(c3ccccc3)C2)c(C)c1. The van der Waals surface area contributed by atoms with Crippen molar-refractivity contribution >= 4 is 10.0 Å². The second-order valence-corrected chi connectivity index (χ2v) is 9.96. The van der Waals surface area contributed by atoms with Crippen LogP contribution in [0.15, 0.2) is 59.6 Å². The van der Waals surface area contributed by atoms with E-state index in [9.17, 15) is 8.42 Å². The lowest BCUT2D eigenvalue weighted by molar-refractivity contribution is 0.392. The highest BCUT2D eigenvalue weighted by atomic mass is 32.2. The summed E-state index contributed by atoms with van der Waals surface area (Å²) in [6.07, 6.45) is 4.85. The molecule has 3 nitrogen and oxygen atoms in total. The van der Waals surface area contributed by atoms with Gasteiger partial charge < -0.3 is 0 Å². The highest BCUT2D eigenvalue weighted by Crippen LogP contribution is 2.67. The molecule has 1 aliphatic carbocycles. The fourth-order valence-electron chi connectivity index (χ4n) is 4.74. The van der Waals surface area contributed by atoms with Crippen LogP contribution in [0, 0.1) is 26.2 Å². The Balaban J connectivity index is 1.78. The Morgan fingerprint density at radius 1 is 1.00 bits per heavy atom. The summed E-state index contributed by atoms with van der Waals surface area (Å²) in [6.45, 7) is 8.49. The lowest BCUT2D eigenvalue weighted by Gasteiger charge is -2.33. The summed E-state index contributed by atoms with van der Waals surface area (Å²) in [5, 5.41) is 0. The topological polar surface area (TPSA) is 37.4 Å². The van der Waals surface area contributed by atoms with Crippen molar-refractivity contribution in [2.24, 2.45) is 5.41 Å². The fourth-order valence-corrected chi connectivity index (χ4v) is 6.52. The minimum Gasteiger partial charge on any atom is -0.273 e. The summed E-state index contributed by atoms with van der Waals surface area (Å²) in [5.41, 5.74) is 3.86. The third-order valence-electron chi connectivity index (χ3n) is 6.17. The van der Waals surface area contributed by atoms with Gasteiger partial charge in [0.15, 0.2) is 0 Å². The maximum Gasteiger partial charge on any atom is 0.264 e. The Morgan fingerprint density at radius 2 is 1.62 bits per heavy atom. The van der Waals surface area contributed by atoms with Gasteiger partial charge in [0, 0.05) is 18.2 Å². The van der Waals surface area contributed by atoms with Gasteiger partial charge in [0.25, 0.3) is 10.0 Å². The third kappa shape index (κ3) is 2.35. The molecule has 4 heteroatoms. The Bertz CT molecular complexity index is 987. The molecule has 0 N–H and O–H groups in total. The van der Waals surface area contributed by atoms with E-state index >= 15 is 0 Å². The number of nitrogens with zero attached hydrogens (tertiary/aromatic N) is 1. The molecule has 2 unspecified atom stereocenters. The number of sulfonamides is 1. The number of hydrogen-bond acceptors (Lipinski definition) is 2. The van der Waals surface area contributed by atoms with Crippen LogP contribution >= 0.6 is 0 Å². The van der Waals surface area contributed by atoms with Crippen LogP contribution in [-0.4, -0.2) is 19.3 Å². The van der Waals surface area contributed by atoms with Gasteiger partial charge in [-0.15, -0.1) is 0 Å². The molecular weight excluding hydrogens is 342 g/mol. The molecule has 136 valence electrons. The molecule has 0 radical (unpaired) electrons. The predicted octanol–water partition coefficient (Wildman–Crippen LogP) is 4.48. The summed E-state index contributed by atoms with van der Waals surface area (Å²) in [5.74, 6) is 0. The molecule has 0 bridgehead atoms.